The lowest BCUT2D eigenvalue weighted by Crippen LogP contribution is -2.32. The molecule has 0 bridgehead atoms. The zero-order valence-electron chi connectivity index (χ0n) is 20.3. The molecule has 36 heavy (non-hydrogen) atoms. The normalized spacial score (nSPS) is 12.6. The Balaban J connectivity index is 1.96. The van der Waals surface area contributed by atoms with Crippen LogP contribution >= 0.6 is 15.9 Å². The van der Waals surface area contributed by atoms with Gasteiger partial charge in [-0.15, -0.1) is 0 Å². The van der Waals surface area contributed by atoms with Crippen LogP contribution in [0.25, 0.3) is 11.2 Å². The molecule has 4 aromatic rings. The third kappa shape index (κ3) is 5.44. The summed E-state index contributed by atoms with van der Waals surface area (Å²) in [5, 5.41) is 0. The van der Waals surface area contributed by atoms with Gasteiger partial charge in [0.1, 0.15) is 9.84 Å². The molecule has 0 aliphatic carbocycles. The maximum atomic E-state index is 13.9. The second-order valence-corrected chi connectivity index (χ2v) is 11.4. The third-order valence-corrected chi connectivity index (χ3v) is 6.89. The number of imidazole rings is 1. The van der Waals surface area contributed by atoms with Crippen molar-refractivity contribution in [2.24, 2.45) is 0 Å². The number of fused-ring (bicyclic) bond motifs is 1. The SMILES string of the molecule is CCOc1cc([C@H](CS(C)(=O)=O)n2c(=O)n(Cc3cncc(C)n3)c3cc(Br)cnc32)ccc1OC. The third-order valence-electron chi connectivity index (χ3n) is 5.54. The fraction of sp³-hybridized carbons (Fsp3) is 0.333. The van der Waals surface area contributed by atoms with Crippen LogP contribution < -0.4 is 15.2 Å². The Morgan fingerprint density at radius 3 is 2.58 bits per heavy atom. The molecular weight excluding hydrogens is 550 g/mol. The Labute approximate surface area is 217 Å². The zero-order chi connectivity index (χ0) is 26.0. The highest BCUT2D eigenvalue weighted by Gasteiger charge is 2.27. The van der Waals surface area contributed by atoms with Gasteiger partial charge in [0.05, 0.1) is 55.2 Å². The van der Waals surface area contributed by atoms with E-state index in [1.807, 2.05) is 13.8 Å². The van der Waals surface area contributed by atoms with Crippen LogP contribution in [-0.4, -0.2) is 58.2 Å². The van der Waals surface area contributed by atoms with Crippen LogP contribution in [0.1, 0.15) is 29.9 Å². The average Bonchev–Trinajstić information content (AvgIpc) is 3.07. The van der Waals surface area contributed by atoms with Gasteiger partial charge in [0.15, 0.2) is 17.1 Å². The number of rotatable bonds is 9. The average molecular weight is 576 g/mol. The van der Waals surface area contributed by atoms with Gasteiger partial charge in [0.25, 0.3) is 0 Å². The number of nitrogens with zero attached hydrogens (tertiary/aromatic N) is 5. The minimum absolute atomic E-state index is 0.146. The Bertz CT molecular complexity index is 1580. The number of hydrogen-bond acceptors (Lipinski definition) is 8. The zero-order valence-corrected chi connectivity index (χ0v) is 22.7. The summed E-state index contributed by atoms with van der Waals surface area (Å²) in [7, 11) is -1.98. The van der Waals surface area contributed by atoms with Crippen molar-refractivity contribution in [1.29, 1.82) is 0 Å². The number of methoxy groups -OCH3 is 1. The van der Waals surface area contributed by atoms with Gasteiger partial charge in [-0.1, -0.05) is 6.07 Å². The molecular formula is C24H26BrN5O5S. The predicted octanol–water partition coefficient (Wildman–Crippen LogP) is 3.15. The van der Waals surface area contributed by atoms with Gasteiger partial charge in [0.2, 0.25) is 0 Å². The Hall–Kier alpha value is -3.25. The lowest BCUT2D eigenvalue weighted by atomic mass is 10.1. The first kappa shape index (κ1) is 25.8. The molecule has 0 radical (unpaired) electrons. The summed E-state index contributed by atoms with van der Waals surface area (Å²) in [6.07, 6.45) is 5.95. The predicted molar refractivity (Wildman–Crippen MR) is 140 cm³/mol. The van der Waals surface area contributed by atoms with Gasteiger partial charge in [-0.05, 0) is 53.5 Å². The van der Waals surface area contributed by atoms with Crippen molar-refractivity contribution in [1.82, 2.24) is 24.1 Å². The second-order valence-electron chi connectivity index (χ2n) is 8.34. The minimum Gasteiger partial charge on any atom is -0.493 e. The van der Waals surface area contributed by atoms with Crippen molar-refractivity contribution >= 4 is 36.9 Å². The van der Waals surface area contributed by atoms with E-state index in [1.165, 1.54) is 16.2 Å². The molecule has 190 valence electrons. The lowest BCUT2D eigenvalue weighted by Gasteiger charge is -2.20. The van der Waals surface area contributed by atoms with Crippen LogP contribution in [0.4, 0.5) is 0 Å². The van der Waals surface area contributed by atoms with Gasteiger partial charge in [0, 0.05) is 23.1 Å². The number of pyridine rings is 1. The van der Waals surface area contributed by atoms with E-state index in [1.54, 1.807) is 42.9 Å². The smallest absolute Gasteiger partial charge is 0.331 e. The number of aromatic nitrogens is 5. The van der Waals surface area contributed by atoms with Gasteiger partial charge in [-0.3, -0.25) is 19.1 Å². The van der Waals surface area contributed by atoms with Crippen molar-refractivity contribution < 1.29 is 17.9 Å². The highest BCUT2D eigenvalue weighted by molar-refractivity contribution is 9.10. The molecule has 3 aromatic heterocycles. The molecule has 10 nitrogen and oxygen atoms in total. The number of sulfone groups is 1. The molecule has 0 spiro atoms. The topological polar surface area (TPSA) is 118 Å². The monoisotopic (exact) mass is 575 g/mol. The summed E-state index contributed by atoms with van der Waals surface area (Å²) in [6.45, 7) is 4.20. The second kappa shape index (κ2) is 10.4. The van der Waals surface area contributed by atoms with E-state index in [4.69, 9.17) is 9.47 Å². The first-order valence-corrected chi connectivity index (χ1v) is 14.0. The van der Waals surface area contributed by atoms with Crippen molar-refractivity contribution in [3.05, 3.63) is 74.8 Å². The Morgan fingerprint density at radius 2 is 1.92 bits per heavy atom. The van der Waals surface area contributed by atoms with Crippen molar-refractivity contribution in [3.8, 4) is 11.5 Å². The van der Waals surface area contributed by atoms with Gasteiger partial charge < -0.3 is 9.47 Å². The highest BCUT2D eigenvalue weighted by Crippen LogP contribution is 2.33. The summed E-state index contributed by atoms with van der Waals surface area (Å²) in [5.41, 5.74) is 2.37. The van der Waals surface area contributed by atoms with E-state index in [0.29, 0.717) is 45.0 Å². The van der Waals surface area contributed by atoms with E-state index in [0.717, 1.165) is 11.9 Å². The van der Waals surface area contributed by atoms with Gasteiger partial charge in [-0.2, -0.15) is 0 Å². The molecule has 0 N–H and O–H groups in total. The molecule has 0 saturated carbocycles. The molecule has 0 saturated heterocycles. The van der Waals surface area contributed by atoms with Crippen LogP contribution in [0.2, 0.25) is 0 Å². The lowest BCUT2D eigenvalue weighted by molar-refractivity contribution is 0.310. The van der Waals surface area contributed by atoms with E-state index >= 15 is 0 Å². The first-order chi connectivity index (χ1) is 17.1. The molecule has 12 heteroatoms. The van der Waals surface area contributed by atoms with E-state index in [-0.39, 0.29) is 12.3 Å². The van der Waals surface area contributed by atoms with Crippen LogP contribution in [0.15, 0.2) is 52.1 Å². The van der Waals surface area contributed by atoms with Gasteiger partial charge in [-0.25, -0.2) is 18.2 Å². The standard InChI is InChI=1S/C24H26BrN5O5S/c1-5-35-22-8-16(6-7-21(22)34-3)20(14-36(4,32)33)30-23-19(9-17(25)11-27-23)29(24(30)31)13-18-12-26-10-15(2)28-18/h6-12,20H,5,13-14H2,1-4H3/t20-/m0/s1. The molecule has 3 heterocycles. The molecule has 0 unspecified atom stereocenters. The van der Waals surface area contributed by atoms with Crippen LogP contribution in [0.3, 0.4) is 0 Å². The Morgan fingerprint density at radius 1 is 1.14 bits per heavy atom. The molecule has 0 aliphatic heterocycles. The van der Waals surface area contributed by atoms with E-state index in [2.05, 4.69) is 30.9 Å². The van der Waals surface area contributed by atoms with E-state index in [9.17, 15) is 13.2 Å². The first-order valence-electron chi connectivity index (χ1n) is 11.1. The molecule has 1 atom stereocenters. The van der Waals surface area contributed by atoms with E-state index < -0.39 is 21.6 Å². The maximum Gasteiger partial charge on any atom is 0.331 e. The van der Waals surface area contributed by atoms with Crippen LogP contribution in [0, 0.1) is 6.92 Å². The number of benzene rings is 1. The number of ether oxygens (including phenoxy) is 2. The summed E-state index contributed by atoms with van der Waals surface area (Å²) in [6, 6.07) is 6.06. The molecule has 1 aromatic carbocycles. The van der Waals surface area contributed by atoms with Crippen molar-refractivity contribution in [2.45, 2.75) is 26.4 Å². The maximum absolute atomic E-state index is 13.9. The fourth-order valence-corrected chi connectivity index (χ4v) is 5.33. The van der Waals surface area contributed by atoms with Gasteiger partial charge >= 0.3 is 5.69 Å². The number of aryl methyl sites for hydroxylation is 1. The number of hydrogen-bond donors (Lipinski definition) is 0. The van der Waals surface area contributed by atoms with Crippen molar-refractivity contribution in [2.75, 3.05) is 25.7 Å². The highest BCUT2D eigenvalue weighted by atomic mass is 79.9. The molecule has 0 aliphatic rings. The molecule has 0 fully saturated rings. The summed E-state index contributed by atoms with van der Waals surface area (Å²) in [4.78, 5) is 27.0. The molecule has 0 amide bonds. The minimum atomic E-state index is -3.51. The molecule has 4 rings (SSSR count). The number of halogens is 1. The summed E-state index contributed by atoms with van der Waals surface area (Å²) in [5.74, 6) is 0.651. The van der Waals surface area contributed by atoms with Crippen LogP contribution in [0.5, 0.6) is 11.5 Å². The summed E-state index contributed by atoms with van der Waals surface area (Å²) < 4.78 is 39.8. The fourth-order valence-electron chi connectivity index (χ4n) is 4.09. The Kier molecular flexibility index (Phi) is 7.46. The largest absolute Gasteiger partial charge is 0.493 e. The van der Waals surface area contributed by atoms with Crippen LogP contribution in [-0.2, 0) is 16.4 Å². The summed E-state index contributed by atoms with van der Waals surface area (Å²) >= 11 is 3.43. The van der Waals surface area contributed by atoms with Crippen molar-refractivity contribution in [3.63, 3.8) is 0 Å². The quantitative estimate of drug-likeness (QED) is 0.298.